The van der Waals surface area contributed by atoms with E-state index >= 15 is 0 Å². The molecule has 3 rings (SSSR count). The molecule has 0 saturated heterocycles. The van der Waals surface area contributed by atoms with Gasteiger partial charge in [-0.1, -0.05) is 18.2 Å². The number of ether oxygens (including phenoxy) is 1. The molecule has 0 aliphatic heterocycles. The highest BCUT2D eigenvalue weighted by molar-refractivity contribution is 5.75. The summed E-state index contributed by atoms with van der Waals surface area (Å²) in [5, 5.41) is 6.61. The fourth-order valence-corrected chi connectivity index (χ4v) is 2.15. The second-order valence-corrected chi connectivity index (χ2v) is 5.21. The number of carbonyl (C=O) groups excluding carboxylic acids is 1. The van der Waals surface area contributed by atoms with Gasteiger partial charge in [-0.05, 0) is 29.8 Å². The van der Waals surface area contributed by atoms with Gasteiger partial charge < -0.3 is 10.1 Å². The van der Waals surface area contributed by atoms with E-state index in [1.54, 1.807) is 12.3 Å². The predicted molar refractivity (Wildman–Crippen MR) is 91.1 cm³/mol. The third-order valence-electron chi connectivity index (χ3n) is 3.33. The summed E-state index contributed by atoms with van der Waals surface area (Å²) in [5.74, 6) is 0.835. The highest BCUT2D eigenvalue weighted by Gasteiger charge is 2.06. The maximum atomic E-state index is 12.0. The molecular formula is C18H16N4O3. The minimum absolute atomic E-state index is 0.121. The van der Waals surface area contributed by atoms with Crippen LogP contribution in [0.1, 0.15) is 5.56 Å². The number of nitrogens with one attached hydrogen (secondary N) is 1. The number of benzene rings is 1. The second-order valence-electron chi connectivity index (χ2n) is 5.21. The number of rotatable bonds is 6. The number of amides is 1. The Morgan fingerprint density at radius 2 is 2.00 bits per heavy atom. The van der Waals surface area contributed by atoms with E-state index in [4.69, 9.17) is 4.74 Å². The van der Waals surface area contributed by atoms with Crippen molar-refractivity contribution >= 4 is 5.91 Å². The Balaban J connectivity index is 1.58. The molecule has 2 aromatic heterocycles. The highest BCUT2D eigenvalue weighted by Crippen LogP contribution is 2.19. The quantitative estimate of drug-likeness (QED) is 0.741. The Bertz CT molecular complexity index is 909. The Labute approximate surface area is 143 Å². The van der Waals surface area contributed by atoms with E-state index < -0.39 is 0 Å². The number of pyridine rings is 1. The van der Waals surface area contributed by atoms with Crippen LogP contribution in [0.4, 0.5) is 0 Å². The molecule has 0 atom stereocenters. The lowest BCUT2D eigenvalue weighted by Crippen LogP contribution is -2.32. The number of nitrogens with zero attached hydrogens (tertiary/aromatic N) is 3. The molecule has 1 amide bonds. The first kappa shape index (κ1) is 16.4. The molecule has 3 aromatic rings. The smallest absolute Gasteiger partial charge is 0.267 e. The van der Waals surface area contributed by atoms with Gasteiger partial charge in [0.1, 0.15) is 12.3 Å². The van der Waals surface area contributed by atoms with Crippen molar-refractivity contribution in [3.8, 4) is 11.6 Å². The summed E-state index contributed by atoms with van der Waals surface area (Å²) in [6.07, 6.45) is 3.12. The zero-order valence-electron chi connectivity index (χ0n) is 13.3. The maximum Gasteiger partial charge on any atom is 0.267 e. The van der Waals surface area contributed by atoms with Gasteiger partial charge >= 0.3 is 0 Å². The fourth-order valence-electron chi connectivity index (χ4n) is 2.15. The van der Waals surface area contributed by atoms with Crippen molar-refractivity contribution in [2.75, 3.05) is 0 Å². The van der Waals surface area contributed by atoms with Gasteiger partial charge in [-0.15, -0.1) is 0 Å². The summed E-state index contributed by atoms with van der Waals surface area (Å²) in [6, 6.07) is 15.6. The molecule has 1 N–H and O–H groups in total. The lowest BCUT2D eigenvalue weighted by atomic mass is 10.2. The highest BCUT2D eigenvalue weighted by atomic mass is 16.5. The Hall–Kier alpha value is -3.48. The molecule has 0 fully saturated rings. The van der Waals surface area contributed by atoms with Crippen LogP contribution in [-0.4, -0.2) is 20.7 Å². The van der Waals surface area contributed by atoms with Gasteiger partial charge in [0.25, 0.3) is 5.56 Å². The van der Waals surface area contributed by atoms with Crippen LogP contribution in [0, 0.1) is 0 Å². The molecule has 7 nitrogen and oxygen atoms in total. The van der Waals surface area contributed by atoms with Gasteiger partial charge in [0, 0.05) is 31.1 Å². The van der Waals surface area contributed by atoms with Crippen molar-refractivity contribution in [1.82, 2.24) is 20.1 Å². The molecule has 0 aliphatic rings. The molecule has 7 heteroatoms. The Morgan fingerprint density at radius 3 is 2.80 bits per heavy atom. The van der Waals surface area contributed by atoms with Crippen LogP contribution in [0.5, 0.6) is 11.6 Å². The van der Waals surface area contributed by atoms with Gasteiger partial charge in [-0.25, -0.2) is 9.67 Å². The molecule has 25 heavy (non-hydrogen) atoms. The average Bonchev–Trinajstić information content (AvgIpc) is 2.63. The van der Waals surface area contributed by atoms with Gasteiger partial charge in [-0.3, -0.25) is 9.59 Å². The third-order valence-corrected chi connectivity index (χ3v) is 3.33. The van der Waals surface area contributed by atoms with E-state index in [0.717, 1.165) is 10.2 Å². The zero-order chi connectivity index (χ0) is 17.5. The van der Waals surface area contributed by atoms with Crippen molar-refractivity contribution in [1.29, 1.82) is 0 Å². The molecule has 126 valence electrons. The molecular weight excluding hydrogens is 320 g/mol. The average molecular weight is 336 g/mol. The van der Waals surface area contributed by atoms with Crippen LogP contribution in [0.3, 0.4) is 0 Å². The van der Waals surface area contributed by atoms with Crippen LogP contribution in [0.15, 0.2) is 71.8 Å². The van der Waals surface area contributed by atoms with Gasteiger partial charge in [0.05, 0.1) is 0 Å². The third kappa shape index (κ3) is 4.74. The van der Waals surface area contributed by atoms with E-state index in [0.29, 0.717) is 18.2 Å². The number of aromatic nitrogens is 3. The second kappa shape index (κ2) is 7.87. The first-order valence-corrected chi connectivity index (χ1v) is 7.67. The lowest BCUT2D eigenvalue weighted by molar-refractivity contribution is -0.122. The SMILES string of the molecule is O=C(Cn1ncccc1=O)NCc1cccc(Oc2ccccn2)c1. The van der Waals surface area contributed by atoms with E-state index in [9.17, 15) is 9.59 Å². The number of carbonyl (C=O) groups is 1. The largest absolute Gasteiger partial charge is 0.439 e. The van der Waals surface area contributed by atoms with Gasteiger partial charge in [0.15, 0.2) is 0 Å². The normalized spacial score (nSPS) is 10.2. The van der Waals surface area contributed by atoms with Crippen LogP contribution in [0.25, 0.3) is 0 Å². The minimum atomic E-state index is -0.316. The molecule has 0 saturated carbocycles. The van der Waals surface area contributed by atoms with Crippen LogP contribution >= 0.6 is 0 Å². The minimum Gasteiger partial charge on any atom is -0.439 e. The summed E-state index contributed by atoms with van der Waals surface area (Å²) in [4.78, 5) is 27.6. The van der Waals surface area contributed by atoms with Crippen molar-refractivity contribution in [3.05, 3.63) is 82.9 Å². The first-order chi connectivity index (χ1) is 12.2. The summed E-state index contributed by atoms with van der Waals surface area (Å²) in [5.41, 5.74) is 0.554. The van der Waals surface area contributed by atoms with Gasteiger partial charge in [0.2, 0.25) is 11.8 Å². The standard InChI is InChI=1S/C18H16N4O3/c23-16(13-22-18(24)8-4-10-21-22)20-12-14-5-3-6-15(11-14)25-17-7-1-2-9-19-17/h1-11H,12-13H2,(H,20,23). The number of hydrogen-bond donors (Lipinski definition) is 1. The topological polar surface area (TPSA) is 86.1 Å². The van der Waals surface area contributed by atoms with E-state index in [1.807, 2.05) is 36.4 Å². The van der Waals surface area contributed by atoms with Crippen LogP contribution < -0.4 is 15.6 Å². The molecule has 0 aliphatic carbocycles. The van der Waals surface area contributed by atoms with E-state index in [-0.39, 0.29) is 18.0 Å². The zero-order valence-corrected chi connectivity index (χ0v) is 13.3. The van der Waals surface area contributed by atoms with Crippen molar-refractivity contribution in [2.45, 2.75) is 13.1 Å². The molecule has 0 unspecified atom stereocenters. The molecule has 0 spiro atoms. The molecule has 2 heterocycles. The van der Waals surface area contributed by atoms with E-state index in [1.165, 1.54) is 18.3 Å². The molecule has 0 bridgehead atoms. The molecule has 1 aromatic carbocycles. The summed E-state index contributed by atoms with van der Waals surface area (Å²) < 4.78 is 6.77. The van der Waals surface area contributed by atoms with E-state index in [2.05, 4.69) is 15.4 Å². The van der Waals surface area contributed by atoms with Gasteiger partial charge in [-0.2, -0.15) is 5.10 Å². The van der Waals surface area contributed by atoms with Crippen molar-refractivity contribution in [2.24, 2.45) is 0 Å². The number of hydrogen-bond acceptors (Lipinski definition) is 5. The summed E-state index contributed by atoms with van der Waals surface area (Å²) in [7, 11) is 0. The lowest BCUT2D eigenvalue weighted by Gasteiger charge is -2.08. The van der Waals surface area contributed by atoms with Crippen molar-refractivity contribution < 1.29 is 9.53 Å². The van der Waals surface area contributed by atoms with Crippen molar-refractivity contribution in [3.63, 3.8) is 0 Å². The predicted octanol–water partition coefficient (Wildman–Crippen LogP) is 1.75. The molecule has 0 radical (unpaired) electrons. The maximum absolute atomic E-state index is 12.0. The fraction of sp³-hybridized carbons (Fsp3) is 0.111. The Kier molecular flexibility index (Phi) is 5.16. The monoisotopic (exact) mass is 336 g/mol. The summed E-state index contributed by atoms with van der Waals surface area (Å²) in [6.45, 7) is 0.198. The Morgan fingerprint density at radius 1 is 1.08 bits per heavy atom. The van der Waals surface area contributed by atoms with Crippen LogP contribution in [-0.2, 0) is 17.9 Å². The first-order valence-electron chi connectivity index (χ1n) is 7.67. The summed E-state index contributed by atoms with van der Waals surface area (Å²) >= 11 is 0. The van der Waals surface area contributed by atoms with Crippen LogP contribution in [0.2, 0.25) is 0 Å².